The Balaban J connectivity index is 1.46. The highest BCUT2D eigenvalue weighted by molar-refractivity contribution is 6.09. The standard InChI is InChI=1S/C32H41N7O2/c1-20(2)39-19-22(4)30-26(31(40)35-18-27-21(3)14-23(5)36-32(27)41)15-25(16-28(30)39)24-6-7-29(34-17-24)38-12-10-37(9-8-33)11-13-38/h6-7,14-17,19-20H,8-13,18,33H2,1-5H3,(H,35,40)(H,36,41). The molecule has 1 aromatic carbocycles. The fraction of sp³-hybridized carbons (Fsp3) is 0.406. The van der Waals surface area contributed by atoms with Crippen molar-refractivity contribution in [2.45, 2.75) is 47.2 Å². The number of benzene rings is 1. The molecule has 216 valence electrons. The summed E-state index contributed by atoms with van der Waals surface area (Å²) in [5.74, 6) is 0.751. The number of pyridine rings is 2. The molecule has 9 nitrogen and oxygen atoms in total. The number of nitrogens with one attached hydrogen (secondary N) is 2. The van der Waals surface area contributed by atoms with E-state index in [-0.39, 0.29) is 24.1 Å². The molecule has 1 saturated heterocycles. The molecule has 1 amide bonds. The minimum absolute atomic E-state index is 0.157. The monoisotopic (exact) mass is 555 g/mol. The summed E-state index contributed by atoms with van der Waals surface area (Å²) >= 11 is 0. The van der Waals surface area contributed by atoms with Crippen LogP contribution in [0, 0.1) is 20.8 Å². The molecule has 4 N–H and O–H groups in total. The number of nitrogens with two attached hydrogens (primary N) is 1. The van der Waals surface area contributed by atoms with Gasteiger partial charge in [-0.1, -0.05) is 0 Å². The Bertz CT molecular complexity index is 1610. The van der Waals surface area contributed by atoms with Crippen LogP contribution in [0.3, 0.4) is 0 Å². The first kappa shape index (κ1) is 28.6. The van der Waals surface area contributed by atoms with E-state index < -0.39 is 0 Å². The maximum absolute atomic E-state index is 13.7. The topological polar surface area (TPSA) is 112 Å². The zero-order chi connectivity index (χ0) is 29.3. The van der Waals surface area contributed by atoms with Gasteiger partial charge in [-0.3, -0.25) is 14.5 Å². The van der Waals surface area contributed by atoms with E-state index in [4.69, 9.17) is 10.7 Å². The lowest BCUT2D eigenvalue weighted by molar-refractivity contribution is 0.0952. The molecule has 9 heteroatoms. The van der Waals surface area contributed by atoms with Crippen LogP contribution < -0.4 is 21.5 Å². The summed E-state index contributed by atoms with van der Waals surface area (Å²) in [6.07, 6.45) is 4.01. The average Bonchev–Trinajstić information content (AvgIpc) is 3.29. The van der Waals surface area contributed by atoms with Gasteiger partial charge in [-0.05, 0) is 81.6 Å². The minimum atomic E-state index is -0.208. The minimum Gasteiger partial charge on any atom is -0.354 e. The number of hydrogen-bond donors (Lipinski definition) is 3. The number of amides is 1. The molecule has 0 spiro atoms. The lowest BCUT2D eigenvalue weighted by atomic mass is 9.98. The highest BCUT2D eigenvalue weighted by Gasteiger charge is 2.21. The van der Waals surface area contributed by atoms with Gasteiger partial charge in [0.15, 0.2) is 0 Å². The summed E-state index contributed by atoms with van der Waals surface area (Å²) in [4.78, 5) is 38.6. The number of carbonyl (C=O) groups excluding carboxylic acids is 1. The Hall–Kier alpha value is -3.95. The molecule has 0 bridgehead atoms. The van der Waals surface area contributed by atoms with Crippen LogP contribution in [0.4, 0.5) is 5.82 Å². The van der Waals surface area contributed by atoms with Crippen molar-refractivity contribution in [2.75, 3.05) is 44.2 Å². The fourth-order valence-corrected chi connectivity index (χ4v) is 5.85. The van der Waals surface area contributed by atoms with Gasteiger partial charge in [-0.25, -0.2) is 4.98 Å². The Labute approximate surface area is 241 Å². The maximum atomic E-state index is 13.7. The van der Waals surface area contributed by atoms with E-state index in [0.29, 0.717) is 17.7 Å². The summed E-state index contributed by atoms with van der Waals surface area (Å²) < 4.78 is 2.21. The summed E-state index contributed by atoms with van der Waals surface area (Å²) in [5.41, 5.74) is 12.3. The van der Waals surface area contributed by atoms with Crippen molar-refractivity contribution in [1.82, 2.24) is 24.8 Å². The third-order valence-corrected chi connectivity index (χ3v) is 8.07. The number of fused-ring (bicyclic) bond motifs is 1. The van der Waals surface area contributed by atoms with Crippen LogP contribution in [0.1, 0.15) is 52.6 Å². The van der Waals surface area contributed by atoms with Crippen molar-refractivity contribution in [3.8, 4) is 11.1 Å². The van der Waals surface area contributed by atoms with Crippen LogP contribution in [0.5, 0.6) is 0 Å². The fourth-order valence-electron chi connectivity index (χ4n) is 5.85. The summed E-state index contributed by atoms with van der Waals surface area (Å²) in [6.45, 7) is 15.6. The Morgan fingerprint density at radius 1 is 1.05 bits per heavy atom. The second-order valence-corrected chi connectivity index (χ2v) is 11.4. The molecule has 0 atom stereocenters. The van der Waals surface area contributed by atoms with E-state index in [1.807, 2.05) is 39.1 Å². The Kier molecular flexibility index (Phi) is 8.28. The molecule has 41 heavy (non-hydrogen) atoms. The Morgan fingerprint density at radius 3 is 2.44 bits per heavy atom. The molecule has 1 aliphatic heterocycles. The molecule has 3 aromatic heterocycles. The van der Waals surface area contributed by atoms with Gasteiger partial charge < -0.3 is 25.5 Å². The zero-order valence-electron chi connectivity index (χ0n) is 24.8. The third-order valence-electron chi connectivity index (χ3n) is 8.07. The third kappa shape index (κ3) is 5.92. The van der Waals surface area contributed by atoms with E-state index >= 15 is 0 Å². The molecule has 5 rings (SSSR count). The normalized spacial score (nSPS) is 14.3. The zero-order valence-corrected chi connectivity index (χ0v) is 24.8. The highest BCUT2D eigenvalue weighted by atomic mass is 16.1. The molecular weight excluding hydrogens is 514 g/mol. The summed E-state index contributed by atoms with van der Waals surface area (Å²) in [7, 11) is 0. The number of piperazine rings is 1. The predicted octanol–water partition coefficient (Wildman–Crippen LogP) is 3.91. The first-order chi connectivity index (χ1) is 19.7. The molecule has 1 aliphatic rings. The molecule has 4 heterocycles. The van der Waals surface area contributed by atoms with E-state index in [1.165, 1.54) is 0 Å². The molecule has 1 fully saturated rings. The van der Waals surface area contributed by atoms with Crippen molar-refractivity contribution in [2.24, 2.45) is 5.73 Å². The van der Waals surface area contributed by atoms with E-state index in [0.717, 1.165) is 77.4 Å². The van der Waals surface area contributed by atoms with Gasteiger partial charge in [0.25, 0.3) is 11.5 Å². The SMILES string of the molecule is Cc1cc(C)c(CNC(=O)c2cc(-c3ccc(N4CCN(CCN)CC4)nc3)cc3c2c(C)cn3C(C)C)c(=O)[nH]1. The van der Waals surface area contributed by atoms with Gasteiger partial charge in [0, 0.05) is 97.5 Å². The molecular formula is C32H41N7O2. The second kappa shape index (κ2) is 11.9. The van der Waals surface area contributed by atoms with E-state index in [9.17, 15) is 9.59 Å². The lowest BCUT2D eigenvalue weighted by Crippen LogP contribution is -2.48. The second-order valence-electron chi connectivity index (χ2n) is 11.4. The Morgan fingerprint density at radius 2 is 1.80 bits per heavy atom. The molecule has 0 aliphatic carbocycles. The number of anilines is 1. The number of rotatable bonds is 8. The smallest absolute Gasteiger partial charge is 0.253 e. The number of H-pyrrole nitrogens is 1. The van der Waals surface area contributed by atoms with Crippen molar-refractivity contribution in [1.29, 1.82) is 0 Å². The lowest BCUT2D eigenvalue weighted by Gasteiger charge is -2.35. The van der Waals surface area contributed by atoms with Crippen molar-refractivity contribution < 1.29 is 4.79 Å². The van der Waals surface area contributed by atoms with Crippen LogP contribution in [0.2, 0.25) is 0 Å². The van der Waals surface area contributed by atoms with Crippen molar-refractivity contribution in [3.63, 3.8) is 0 Å². The number of aromatic nitrogens is 3. The number of hydrogen-bond acceptors (Lipinski definition) is 6. The van der Waals surface area contributed by atoms with E-state index in [2.05, 4.69) is 62.9 Å². The number of nitrogens with zero attached hydrogens (tertiary/aromatic N) is 4. The van der Waals surface area contributed by atoms with Gasteiger partial charge in [-0.15, -0.1) is 0 Å². The predicted molar refractivity (Wildman–Crippen MR) is 166 cm³/mol. The van der Waals surface area contributed by atoms with Gasteiger partial charge in [-0.2, -0.15) is 0 Å². The van der Waals surface area contributed by atoms with Crippen LogP contribution in [-0.4, -0.2) is 64.6 Å². The summed E-state index contributed by atoms with van der Waals surface area (Å²) in [6, 6.07) is 10.4. The van der Waals surface area contributed by atoms with Crippen LogP contribution in [-0.2, 0) is 6.54 Å². The van der Waals surface area contributed by atoms with Crippen LogP contribution in [0.25, 0.3) is 22.0 Å². The molecule has 0 saturated carbocycles. The number of aryl methyl sites for hydroxylation is 3. The van der Waals surface area contributed by atoms with Gasteiger partial charge >= 0.3 is 0 Å². The van der Waals surface area contributed by atoms with Gasteiger partial charge in [0.2, 0.25) is 0 Å². The summed E-state index contributed by atoms with van der Waals surface area (Å²) in [5, 5.41) is 3.94. The largest absolute Gasteiger partial charge is 0.354 e. The quantitative estimate of drug-likeness (QED) is 0.304. The molecule has 4 aromatic rings. The molecule has 0 radical (unpaired) electrons. The first-order valence-corrected chi connectivity index (χ1v) is 14.4. The first-order valence-electron chi connectivity index (χ1n) is 14.4. The highest BCUT2D eigenvalue weighted by Crippen LogP contribution is 2.33. The van der Waals surface area contributed by atoms with Crippen LogP contribution in [0.15, 0.2) is 47.5 Å². The maximum Gasteiger partial charge on any atom is 0.253 e. The van der Waals surface area contributed by atoms with Crippen molar-refractivity contribution in [3.05, 3.63) is 81.0 Å². The van der Waals surface area contributed by atoms with Gasteiger partial charge in [0.1, 0.15) is 5.82 Å². The number of carbonyl (C=O) groups is 1. The van der Waals surface area contributed by atoms with Crippen molar-refractivity contribution >= 4 is 22.6 Å². The molecule has 0 unspecified atom stereocenters. The van der Waals surface area contributed by atoms with Crippen LogP contribution >= 0.6 is 0 Å². The van der Waals surface area contributed by atoms with Gasteiger partial charge in [0.05, 0.1) is 0 Å². The average molecular weight is 556 g/mol. The number of aromatic amines is 1. The van der Waals surface area contributed by atoms with E-state index in [1.54, 1.807) is 0 Å².